The molecule has 0 fully saturated rings. The predicted octanol–water partition coefficient (Wildman–Crippen LogP) is 4.44. The van der Waals surface area contributed by atoms with Gasteiger partial charge in [-0.05, 0) is 48.0 Å². The normalized spacial score (nSPS) is 10.6. The lowest BCUT2D eigenvalue weighted by Gasteiger charge is -2.09. The minimum atomic E-state index is -0.300. The summed E-state index contributed by atoms with van der Waals surface area (Å²) in [6.07, 6.45) is 1.66. The number of hydrogen-bond acceptors (Lipinski definition) is 4. The summed E-state index contributed by atoms with van der Waals surface area (Å²) in [6.45, 7) is 0.326. The van der Waals surface area contributed by atoms with E-state index in [0.29, 0.717) is 17.9 Å². The van der Waals surface area contributed by atoms with Gasteiger partial charge in [-0.2, -0.15) is 0 Å². The number of aromatic nitrogens is 2. The van der Waals surface area contributed by atoms with Crippen LogP contribution >= 0.6 is 0 Å². The van der Waals surface area contributed by atoms with Gasteiger partial charge in [-0.25, -0.2) is 9.37 Å². The Kier molecular flexibility index (Phi) is 4.93. The van der Waals surface area contributed by atoms with Gasteiger partial charge < -0.3 is 10.6 Å². The van der Waals surface area contributed by atoms with Gasteiger partial charge in [0.2, 0.25) is 0 Å². The molecule has 1 amide bonds. The molecule has 28 heavy (non-hydrogen) atoms. The van der Waals surface area contributed by atoms with Crippen LogP contribution < -0.4 is 10.6 Å². The summed E-state index contributed by atoms with van der Waals surface area (Å²) in [5, 5.41) is 6.01. The van der Waals surface area contributed by atoms with Crippen molar-refractivity contribution in [3.63, 3.8) is 0 Å². The molecular weight excluding hydrogens is 355 g/mol. The van der Waals surface area contributed by atoms with E-state index in [1.54, 1.807) is 36.5 Å². The molecule has 1 aromatic heterocycles. The average molecular weight is 372 g/mol. The number of nitrogens with one attached hydrogen (secondary N) is 2. The van der Waals surface area contributed by atoms with Crippen LogP contribution in [0.4, 0.5) is 15.9 Å². The molecule has 2 N–H and O–H groups in total. The number of nitrogens with zero attached hydrogens (tertiary/aromatic N) is 2. The Morgan fingerprint density at radius 2 is 1.71 bits per heavy atom. The van der Waals surface area contributed by atoms with Crippen molar-refractivity contribution in [3.8, 4) is 0 Å². The second-order valence-electron chi connectivity index (χ2n) is 6.26. The van der Waals surface area contributed by atoms with Crippen LogP contribution in [-0.4, -0.2) is 15.9 Å². The van der Waals surface area contributed by atoms with Crippen molar-refractivity contribution in [1.29, 1.82) is 0 Å². The zero-order valence-corrected chi connectivity index (χ0v) is 14.9. The number of carbonyl (C=O) groups is 1. The van der Waals surface area contributed by atoms with Gasteiger partial charge in [-0.1, -0.05) is 30.3 Å². The van der Waals surface area contributed by atoms with E-state index in [1.807, 2.05) is 30.3 Å². The number of carbonyl (C=O) groups excluding carboxylic acids is 1. The molecule has 4 rings (SSSR count). The fraction of sp³-hybridized carbons (Fsp3) is 0.0455. The lowest BCUT2D eigenvalue weighted by atomic mass is 10.1. The van der Waals surface area contributed by atoms with Crippen molar-refractivity contribution in [2.45, 2.75) is 6.54 Å². The lowest BCUT2D eigenvalue weighted by molar-refractivity contribution is 0.0951. The minimum absolute atomic E-state index is 0.211. The van der Waals surface area contributed by atoms with Crippen molar-refractivity contribution in [2.24, 2.45) is 0 Å². The molecular formula is C22H17FN4O. The smallest absolute Gasteiger partial charge is 0.251 e. The first-order valence-electron chi connectivity index (χ1n) is 8.79. The number of fused-ring (bicyclic) bond motifs is 1. The van der Waals surface area contributed by atoms with Gasteiger partial charge in [-0.3, -0.25) is 9.78 Å². The van der Waals surface area contributed by atoms with Gasteiger partial charge in [-0.15, -0.1) is 0 Å². The zero-order chi connectivity index (χ0) is 19.3. The first kappa shape index (κ1) is 17.6. The van der Waals surface area contributed by atoms with Gasteiger partial charge in [0.1, 0.15) is 11.6 Å². The van der Waals surface area contributed by atoms with Crippen molar-refractivity contribution in [3.05, 3.63) is 95.9 Å². The number of benzene rings is 3. The summed E-state index contributed by atoms with van der Waals surface area (Å²) in [7, 11) is 0. The van der Waals surface area contributed by atoms with E-state index in [0.717, 1.165) is 22.3 Å². The van der Waals surface area contributed by atoms with E-state index in [4.69, 9.17) is 0 Å². The van der Waals surface area contributed by atoms with E-state index >= 15 is 0 Å². The molecule has 0 spiro atoms. The van der Waals surface area contributed by atoms with Crippen LogP contribution in [0.15, 0.2) is 79.0 Å². The number of para-hydroxylation sites is 2. The Balaban J connectivity index is 1.45. The van der Waals surface area contributed by atoms with Crippen LogP contribution in [0.2, 0.25) is 0 Å². The quantitative estimate of drug-likeness (QED) is 0.543. The molecule has 0 bridgehead atoms. The molecule has 0 aliphatic heterocycles. The fourth-order valence-electron chi connectivity index (χ4n) is 2.79. The van der Waals surface area contributed by atoms with Crippen LogP contribution in [-0.2, 0) is 6.54 Å². The van der Waals surface area contributed by atoms with Crippen molar-refractivity contribution in [1.82, 2.24) is 15.3 Å². The summed E-state index contributed by atoms with van der Waals surface area (Å²) < 4.78 is 13.0. The van der Waals surface area contributed by atoms with Crippen LogP contribution in [0.1, 0.15) is 15.9 Å². The maximum absolute atomic E-state index is 13.0. The molecule has 5 nitrogen and oxygen atoms in total. The number of anilines is 2. The highest BCUT2D eigenvalue weighted by Gasteiger charge is 2.07. The maximum Gasteiger partial charge on any atom is 0.251 e. The Morgan fingerprint density at radius 1 is 0.929 bits per heavy atom. The van der Waals surface area contributed by atoms with Crippen molar-refractivity contribution >= 4 is 28.4 Å². The molecule has 0 aliphatic rings. The highest BCUT2D eigenvalue weighted by Crippen LogP contribution is 2.18. The van der Waals surface area contributed by atoms with E-state index < -0.39 is 0 Å². The van der Waals surface area contributed by atoms with Gasteiger partial charge >= 0.3 is 0 Å². The minimum Gasteiger partial charge on any atom is -0.348 e. The SMILES string of the molecule is O=C(NCc1ccc(F)cc1)c1cccc(Nc2cnc3ccccc3n2)c1. The third-order valence-electron chi connectivity index (χ3n) is 4.21. The van der Waals surface area contributed by atoms with E-state index in [2.05, 4.69) is 20.6 Å². The number of amides is 1. The molecule has 1 heterocycles. The Bertz CT molecular complexity index is 1130. The standard InChI is InChI=1S/C22H17FN4O/c23-17-10-8-15(9-11-17)13-25-22(28)16-4-3-5-18(12-16)26-21-14-24-19-6-1-2-7-20(19)27-21/h1-12,14H,13H2,(H,25,28)(H,26,27). The summed E-state index contributed by atoms with van der Waals surface area (Å²) in [5.41, 5.74) is 3.69. The molecule has 0 unspecified atom stereocenters. The van der Waals surface area contributed by atoms with Crippen molar-refractivity contribution < 1.29 is 9.18 Å². The van der Waals surface area contributed by atoms with Crippen molar-refractivity contribution in [2.75, 3.05) is 5.32 Å². The summed E-state index contributed by atoms with van der Waals surface area (Å²) in [5.74, 6) is 0.0887. The molecule has 0 saturated carbocycles. The lowest BCUT2D eigenvalue weighted by Crippen LogP contribution is -2.22. The van der Waals surface area contributed by atoms with E-state index in [-0.39, 0.29) is 11.7 Å². The largest absolute Gasteiger partial charge is 0.348 e. The Labute approximate surface area is 161 Å². The second kappa shape index (κ2) is 7.84. The molecule has 6 heteroatoms. The van der Waals surface area contributed by atoms with Gasteiger partial charge in [0.25, 0.3) is 5.91 Å². The molecule has 3 aromatic carbocycles. The van der Waals surface area contributed by atoms with Gasteiger partial charge in [0.05, 0.1) is 17.2 Å². The number of rotatable bonds is 5. The first-order valence-corrected chi connectivity index (χ1v) is 8.79. The average Bonchev–Trinajstić information content (AvgIpc) is 2.73. The number of halogens is 1. The third-order valence-corrected chi connectivity index (χ3v) is 4.21. The molecule has 4 aromatic rings. The molecule has 0 atom stereocenters. The first-order chi connectivity index (χ1) is 13.7. The molecule has 0 saturated heterocycles. The molecule has 0 radical (unpaired) electrons. The number of hydrogen-bond donors (Lipinski definition) is 2. The van der Waals surface area contributed by atoms with Gasteiger partial charge in [0.15, 0.2) is 0 Å². The highest BCUT2D eigenvalue weighted by molar-refractivity contribution is 5.95. The monoisotopic (exact) mass is 372 g/mol. The highest BCUT2D eigenvalue weighted by atomic mass is 19.1. The Morgan fingerprint density at radius 3 is 2.54 bits per heavy atom. The van der Waals surface area contributed by atoms with E-state index in [9.17, 15) is 9.18 Å². The predicted molar refractivity (Wildman–Crippen MR) is 107 cm³/mol. The molecule has 138 valence electrons. The zero-order valence-electron chi connectivity index (χ0n) is 14.9. The molecule has 0 aliphatic carbocycles. The summed E-state index contributed by atoms with van der Waals surface area (Å²) in [6, 6.07) is 20.8. The Hall–Kier alpha value is -3.80. The van der Waals surface area contributed by atoms with Gasteiger partial charge in [0, 0.05) is 17.8 Å². The van der Waals surface area contributed by atoms with Crippen LogP contribution in [0.25, 0.3) is 11.0 Å². The van der Waals surface area contributed by atoms with Crippen LogP contribution in [0, 0.1) is 5.82 Å². The summed E-state index contributed by atoms with van der Waals surface area (Å²) >= 11 is 0. The second-order valence-corrected chi connectivity index (χ2v) is 6.26. The van der Waals surface area contributed by atoms with E-state index in [1.165, 1.54) is 12.1 Å². The fourth-order valence-corrected chi connectivity index (χ4v) is 2.79. The summed E-state index contributed by atoms with van der Waals surface area (Å²) in [4.78, 5) is 21.3. The topological polar surface area (TPSA) is 66.9 Å². The maximum atomic E-state index is 13.0. The van der Waals surface area contributed by atoms with Crippen LogP contribution in [0.5, 0.6) is 0 Å². The van der Waals surface area contributed by atoms with Crippen LogP contribution in [0.3, 0.4) is 0 Å². The third kappa shape index (κ3) is 4.12.